The maximum absolute atomic E-state index is 12.6. The lowest BCUT2D eigenvalue weighted by atomic mass is 10.1. The lowest BCUT2D eigenvalue weighted by Crippen LogP contribution is -2.21. The number of nitrogens with one attached hydrogen (secondary N) is 1. The predicted octanol–water partition coefficient (Wildman–Crippen LogP) is 4.89. The van der Waals surface area contributed by atoms with Crippen molar-refractivity contribution < 1.29 is 14.3 Å². The van der Waals surface area contributed by atoms with Crippen LogP contribution in [0.25, 0.3) is 17.1 Å². The maximum atomic E-state index is 12.6. The van der Waals surface area contributed by atoms with Crippen LogP contribution in [0.3, 0.4) is 0 Å². The van der Waals surface area contributed by atoms with Crippen LogP contribution in [-0.2, 0) is 4.79 Å². The van der Waals surface area contributed by atoms with Gasteiger partial charge in [0.2, 0.25) is 0 Å². The molecule has 0 atom stereocenters. The molecule has 1 amide bonds. The normalized spacial score (nSPS) is 11.3. The van der Waals surface area contributed by atoms with E-state index in [-0.39, 0.29) is 11.7 Å². The monoisotopic (exact) mass is 501 g/mol. The Morgan fingerprint density at radius 1 is 0.917 bits per heavy atom. The average molecular weight is 502 g/mol. The van der Waals surface area contributed by atoms with Crippen molar-refractivity contribution in [1.29, 1.82) is 0 Å². The fourth-order valence-corrected chi connectivity index (χ4v) is 4.17. The molecule has 0 spiro atoms. The minimum Gasteiger partial charge on any atom is -0.497 e. The van der Waals surface area contributed by atoms with Gasteiger partial charge in [0, 0.05) is 11.3 Å². The SMILES string of the molecule is COc1ccc(/C(C)=N\NC(=O)CSc2nnc(-c3ccc(C)cc3)n2-c2ccc(OC)cc2)cc1. The molecule has 3 aromatic carbocycles. The summed E-state index contributed by atoms with van der Waals surface area (Å²) >= 11 is 1.29. The molecule has 0 saturated heterocycles. The van der Waals surface area contributed by atoms with Gasteiger partial charge in [0.1, 0.15) is 11.5 Å². The number of ether oxygens (including phenoxy) is 2. The van der Waals surface area contributed by atoms with Crippen molar-refractivity contribution in [3.63, 3.8) is 0 Å². The van der Waals surface area contributed by atoms with Crippen molar-refractivity contribution >= 4 is 23.4 Å². The first kappa shape index (κ1) is 25.0. The third kappa shape index (κ3) is 5.92. The van der Waals surface area contributed by atoms with Crippen molar-refractivity contribution in [3.8, 4) is 28.6 Å². The molecule has 0 bridgehead atoms. The molecule has 0 aliphatic carbocycles. The van der Waals surface area contributed by atoms with E-state index in [1.807, 2.05) is 91.2 Å². The number of carbonyl (C=O) groups is 1. The lowest BCUT2D eigenvalue weighted by molar-refractivity contribution is -0.118. The molecular formula is C27H27N5O3S. The smallest absolute Gasteiger partial charge is 0.250 e. The van der Waals surface area contributed by atoms with Crippen molar-refractivity contribution in [2.45, 2.75) is 19.0 Å². The molecule has 0 saturated carbocycles. The fraction of sp³-hybridized carbons (Fsp3) is 0.185. The summed E-state index contributed by atoms with van der Waals surface area (Å²) in [6, 6.07) is 23.2. The number of nitrogens with zero attached hydrogens (tertiary/aromatic N) is 4. The first-order valence-corrected chi connectivity index (χ1v) is 12.2. The number of hydrogen-bond donors (Lipinski definition) is 1. The second-order valence-corrected chi connectivity index (χ2v) is 8.90. The van der Waals surface area contributed by atoms with Crippen LogP contribution in [0.1, 0.15) is 18.1 Å². The van der Waals surface area contributed by atoms with E-state index < -0.39 is 0 Å². The topological polar surface area (TPSA) is 90.6 Å². The van der Waals surface area contributed by atoms with E-state index in [0.29, 0.717) is 16.7 Å². The molecule has 1 heterocycles. The summed E-state index contributed by atoms with van der Waals surface area (Å²) in [4.78, 5) is 12.6. The minimum atomic E-state index is -0.242. The Bertz CT molecular complexity index is 1350. The third-order valence-corrected chi connectivity index (χ3v) is 6.39. The van der Waals surface area contributed by atoms with Crippen LogP contribution in [0.4, 0.5) is 0 Å². The van der Waals surface area contributed by atoms with Gasteiger partial charge in [-0.05, 0) is 67.9 Å². The fourth-order valence-electron chi connectivity index (χ4n) is 3.42. The molecule has 184 valence electrons. The van der Waals surface area contributed by atoms with Gasteiger partial charge in [-0.3, -0.25) is 9.36 Å². The molecule has 0 fully saturated rings. The number of rotatable bonds is 9. The summed E-state index contributed by atoms with van der Waals surface area (Å²) in [6.45, 7) is 3.88. The third-order valence-electron chi connectivity index (χ3n) is 5.46. The summed E-state index contributed by atoms with van der Waals surface area (Å²) in [5.74, 6) is 2.09. The molecule has 1 N–H and O–H groups in total. The standard InChI is InChI=1S/C27H27N5O3S/c1-18-5-7-21(8-6-18)26-30-31-27(32(26)22-11-15-24(35-4)16-12-22)36-17-25(33)29-28-19(2)20-9-13-23(34-3)14-10-20/h5-16H,17H2,1-4H3,(H,29,33)/b28-19-. The highest BCUT2D eigenvalue weighted by Gasteiger charge is 2.17. The van der Waals surface area contributed by atoms with Gasteiger partial charge in [-0.2, -0.15) is 5.10 Å². The van der Waals surface area contributed by atoms with E-state index in [0.717, 1.165) is 33.9 Å². The Kier molecular flexibility index (Phi) is 8.02. The maximum Gasteiger partial charge on any atom is 0.250 e. The van der Waals surface area contributed by atoms with Crippen molar-refractivity contribution in [2.75, 3.05) is 20.0 Å². The Labute approximate surface area is 214 Å². The van der Waals surface area contributed by atoms with Crippen LogP contribution in [-0.4, -0.2) is 46.4 Å². The number of hydrazone groups is 1. The number of thioether (sulfide) groups is 1. The lowest BCUT2D eigenvalue weighted by Gasteiger charge is -2.11. The van der Waals surface area contributed by atoms with Gasteiger partial charge >= 0.3 is 0 Å². The van der Waals surface area contributed by atoms with Gasteiger partial charge in [-0.15, -0.1) is 10.2 Å². The van der Waals surface area contributed by atoms with Gasteiger partial charge in [0.05, 0.1) is 25.7 Å². The minimum absolute atomic E-state index is 0.127. The van der Waals surface area contributed by atoms with Gasteiger partial charge in [-0.1, -0.05) is 41.6 Å². The molecule has 36 heavy (non-hydrogen) atoms. The van der Waals surface area contributed by atoms with Crippen LogP contribution in [0.5, 0.6) is 11.5 Å². The van der Waals surface area contributed by atoms with Crippen LogP contribution in [0, 0.1) is 6.92 Å². The van der Waals surface area contributed by atoms with Gasteiger partial charge in [-0.25, -0.2) is 5.43 Å². The quantitative estimate of drug-likeness (QED) is 0.199. The predicted molar refractivity (Wildman–Crippen MR) is 142 cm³/mol. The number of carbonyl (C=O) groups excluding carboxylic acids is 1. The van der Waals surface area contributed by atoms with Crippen molar-refractivity contribution in [3.05, 3.63) is 83.9 Å². The zero-order valence-electron chi connectivity index (χ0n) is 20.6. The molecule has 4 rings (SSSR count). The first-order chi connectivity index (χ1) is 17.5. The number of methoxy groups -OCH3 is 2. The molecule has 4 aromatic rings. The van der Waals surface area contributed by atoms with E-state index in [1.54, 1.807) is 14.2 Å². The van der Waals surface area contributed by atoms with Gasteiger partial charge in [0.25, 0.3) is 5.91 Å². The highest BCUT2D eigenvalue weighted by atomic mass is 32.2. The molecule has 8 nitrogen and oxygen atoms in total. The summed E-state index contributed by atoms with van der Waals surface area (Å²) < 4.78 is 12.4. The van der Waals surface area contributed by atoms with Crippen molar-refractivity contribution in [1.82, 2.24) is 20.2 Å². The van der Waals surface area contributed by atoms with E-state index in [2.05, 4.69) is 20.7 Å². The zero-order valence-corrected chi connectivity index (χ0v) is 21.4. The van der Waals surface area contributed by atoms with Gasteiger partial charge in [0.15, 0.2) is 11.0 Å². The van der Waals surface area contributed by atoms with Crippen LogP contribution < -0.4 is 14.9 Å². The Morgan fingerprint density at radius 3 is 2.14 bits per heavy atom. The largest absolute Gasteiger partial charge is 0.497 e. The summed E-state index contributed by atoms with van der Waals surface area (Å²) in [5, 5.41) is 13.6. The van der Waals surface area contributed by atoms with E-state index in [1.165, 1.54) is 11.8 Å². The number of aromatic nitrogens is 3. The molecule has 0 unspecified atom stereocenters. The number of hydrogen-bond acceptors (Lipinski definition) is 7. The second-order valence-electron chi connectivity index (χ2n) is 7.96. The van der Waals surface area contributed by atoms with Gasteiger partial charge < -0.3 is 9.47 Å². The molecule has 0 aliphatic rings. The van der Waals surface area contributed by atoms with Crippen LogP contribution in [0.15, 0.2) is 83.1 Å². The second kappa shape index (κ2) is 11.5. The Hall–Kier alpha value is -4.11. The molecule has 1 aromatic heterocycles. The first-order valence-electron chi connectivity index (χ1n) is 11.3. The Balaban J connectivity index is 1.51. The van der Waals surface area contributed by atoms with Crippen LogP contribution >= 0.6 is 11.8 Å². The molecule has 0 aliphatic heterocycles. The summed E-state index contributed by atoms with van der Waals surface area (Å²) in [6.07, 6.45) is 0. The Morgan fingerprint density at radius 2 is 1.53 bits per heavy atom. The number of benzene rings is 3. The van der Waals surface area contributed by atoms with Crippen LogP contribution in [0.2, 0.25) is 0 Å². The van der Waals surface area contributed by atoms with E-state index in [4.69, 9.17) is 9.47 Å². The average Bonchev–Trinajstić information content (AvgIpc) is 3.35. The van der Waals surface area contributed by atoms with Crippen molar-refractivity contribution in [2.24, 2.45) is 5.10 Å². The van der Waals surface area contributed by atoms with E-state index in [9.17, 15) is 4.79 Å². The molecular weight excluding hydrogens is 474 g/mol. The summed E-state index contributed by atoms with van der Waals surface area (Å²) in [5.41, 5.74) is 7.17. The highest BCUT2D eigenvalue weighted by Crippen LogP contribution is 2.29. The highest BCUT2D eigenvalue weighted by molar-refractivity contribution is 7.99. The summed E-state index contributed by atoms with van der Waals surface area (Å²) in [7, 11) is 3.25. The van der Waals surface area contributed by atoms with E-state index >= 15 is 0 Å². The molecule has 9 heteroatoms. The number of amides is 1. The number of aryl methyl sites for hydroxylation is 1. The molecule has 0 radical (unpaired) electrons. The zero-order chi connectivity index (χ0) is 25.5.